The monoisotopic (exact) mass is 222 g/mol. The first kappa shape index (κ1) is 11.4. The lowest BCUT2D eigenvalue weighted by Gasteiger charge is -2.09. The summed E-state index contributed by atoms with van der Waals surface area (Å²) in [6.07, 6.45) is 2.12. The molecular weight excluding hydrogens is 204 g/mol. The minimum absolute atomic E-state index is 0.291. The van der Waals surface area contributed by atoms with Gasteiger partial charge in [-0.25, -0.2) is 0 Å². The average Bonchev–Trinajstić information content (AvgIpc) is 3.09. The molecule has 1 saturated carbocycles. The van der Waals surface area contributed by atoms with Gasteiger partial charge >= 0.3 is 0 Å². The van der Waals surface area contributed by atoms with Gasteiger partial charge in [0.15, 0.2) is 6.79 Å². The van der Waals surface area contributed by atoms with Crippen LogP contribution in [0, 0.1) is 5.92 Å². The van der Waals surface area contributed by atoms with Crippen molar-refractivity contribution in [1.82, 2.24) is 0 Å². The van der Waals surface area contributed by atoms with Crippen LogP contribution in [0.2, 0.25) is 0 Å². The van der Waals surface area contributed by atoms with Gasteiger partial charge in [0.05, 0.1) is 12.7 Å². The third-order valence-electron chi connectivity index (χ3n) is 2.70. The summed E-state index contributed by atoms with van der Waals surface area (Å²) < 4.78 is 10.8. The van der Waals surface area contributed by atoms with Crippen LogP contribution in [0.15, 0.2) is 24.3 Å². The fourth-order valence-electron chi connectivity index (χ4n) is 1.47. The summed E-state index contributed by atoms with van der Waals surface area (Å²) >= 11 is 0. The Morgan fingerprint density at radius 3 is 2.94 bits per heavy atom. The van der Waals surface area contributed by atoms with Crippen LogP contribution in [-0.2, 0) is 4.74 Å². The Bertz CT molecular complexity index is 332. The number of ether oxygens (including phenoxy) is 2. The van der Waals surface area contributed by atoms with Crippen LogP contribution in [0.5, 0.6) is 5.75 Å². The molecule has 1 fully saturated rings. The summed E-state index contributed by atoms with van der Waals surface area (Å²) in [7, 11) is 0. The van der Waals surface area contributed by atoms with E-state index in [1.807, 2.05) is 24.3 Å². The molecule has 0 heterocycles. The Morgan fingerprint density at radius 1 is 1.44 bits per heavy atom. The van der Waals surface area contributed by atoms with E-state index in [1.165, 1.54) is 12.8 Å². The van der Waals surface area contributed by atoms with Crippen molar-refractivity contribution in [2.45, 2.75) is 25.9 Å². The topological polar surface area (TPSA) is 38.7 Å². The molecule has 88 valence electrons. The van der Waals surface area contributed by atoms with Gasteiger partial charge in [-0.1, -0.05) is 12.1 Å². The van der Waals surface area contributed by atoms with Gasteiger partial charge in [0.1, 0.15) is 5.75 Å². The van der Waals surface area contributed by atoms with E-state index in [4.69, 9.17) is 9.47 Å². The van der Waals surface area contributed by atoms with Gasteiger partial charge in [-0.15, -0.1) is 0 Å². The summed E-state index contributed by atoms with van der Waals surface area (Å²) in [5.74, 6) is 1.50. The van der Waals surface area contributed by atoms with Crippen molar-refractivity contribution in [3.63, 3.8) is 0 Å². The third-order valence-corrected chi connectivity index (χ3v) is 2.70. The normalized spacial score (nSPS) is 17.1. The smallest absolute Gasteiger partial charge is 0.189 e. The van der Waals surface area contributed by atoms with Crippen molar-refractivity contribution in [2.75, 3.05) is 13.4 Å². The minimum Gasteiger partial charge on any atom is -0.468 e. The second-order valence-corrected chi connectivity index (χ2v) is 4.32. The number of benzene rings is 1. The fraction of sp³-hybridized carbons (Fsp3) is 0.538. The van der Waals surface area contributed by atoms with Gasteiger partial charge in [-0.3, -0.25) is 0 Å². The van der Waals surface area contributed by atoms with E-state index in [1.54, 1.807) is 6.92 Å². The van der Waals surface area contributed by atoms with Gasteiger partial charge in [0, 0.05) is 0 Å². The second kappa shape index (κ2) is 5.32. The molecule has 0 radical (unpaired) electrons. The first-order valence-electron chi connectivity index (χ1n) is 5.74. The van der Waals surface area contributed by atoms with Crippen molar-refractivity contribution in [1.29, 1.82) is 0 Å². The Balaban J connectivity index is 1.76. The maximum Gasteiger partial charge on any atom is 0.189 e. The lowest BCUT2D eigenvalue weighted by atomic mass is 10.1. The van der Waals surface area contributed by atoms with Crippen LogP contribution in [-0.4, -0.2) is 18.5 Å². The highest BCUT2D eigenvalue weighted by Crippen LogP contribution is 2.28. The molecule has 0 amide bonds. The number of aliphatic hydroxyl groups excluding tert-OH is 1. The minimum atomic E-state index is -0.462. The third kappa shape index (κ3) is 3.51. The highest BCUT2D eigenvalue weighted by Gasteiger charge is 2.21. The van der Waals surface area contributed by atoms with Crippen LogP contribution in [0.1, 0.15) is 31.4 Å². The van der Waals surface area contributed by atoms with E-state index in [9.17, 15) is 5.11 Å². The summed E-state index contributed by atoms with van der Waals surface area (Å²) in [6, 6.07) is 7.46. The predicted octanol–water partition coefficient (Wildman–Crippen LogP) is 2.50. The molecule has 16 heavy (non-hydrogen) atoms. The van der Waals surface area contributed by atoms with Crippen LogP contribution < -0.4 is 4.74 Å². The van der Waals surface area contributed by atoms with Crippen molar-refractivity contribution in [3.05, 3.63) is 29.8 Å². The maximum absolute atomic E-state index is 9.41. The molecule has 1 aliphatic carbocycles. The molecular formula is C13H18O3. The van der Waals surface area contributed by atoms with E-state index in [0.717, 1.165) is 23.8 Å². The van der Waals surface area contributed by atoms with E-state index in [2.05, 4.69) is 0 Å². The standard InChI is InChI=1S/C13H18O3/c1-10(14)12-3-2-4-13(7-12)16-9-15-8-11-5-6-11/h2-4,7,10-11,14H,5-6,8-9H2,1H3. The van der Waals surface area contributed by atoms with E-state index in [0.29, 0.717) is 6.79 Å². The SMILES string of the molecule is CC(O)c1cccc(OCOCC2CC2)c1. The number of hydrogen-bond acceptors (Lipinski definition) is 3. The molecule has 2 rings (SSSR count). The first-order valence-corrected chi connectivity index (χ1v) is 5.74. The quantitative estimate of drug-likeness (QED) is 0.593. The van der Waals surface area contributed by atoms with Gasteiger partial charge < -0.3 is 14.6 Å². The van der Waals surface area contributed by atoms with E-state index < -0.39 is 6.10 Å². The predicted molar refractivity (Wildman–Crippen MR) is 61.2 cm³/mol. The van der Waals surface area contributed by atoms with Gasteiger partial charge in [0.25, 0.3) is 0 Å². The molecule has 1 aromatic rings. The van der Waals surface area contributed by atoms with Crippen molar-refractivity contribution in [2.24, 2.45) is 5.92 Å². The van der Waals surface area contributed by atoms with E-state index >= 15 is 0 Å². The molecule has 0 spiro atoms. The Kier molecular flexibility index (Phi) is 3.80. The second-order valence-electron chi connectivity index (χ2n) is 4.32. The van der Waals surface area contributed by atoms with Crippen LogP contribution in [0.4, 0.5) is 0 Å². The average molecular weight is 222 g/mol. The summed E-state index contributed by atoms with van der Waals surface area (Å²) in [5, 5.41) is 9.41. The van der Waals surface area contributed by atoms with Crippen LogP contribution >= 0.6 is 0 Å². The number of rotatable bonds is 6. The lowest BCUT2D eigenvalue weighted by Crippen LogP contribution is -2.05. The van der Waals surface area contributed by atoms with Crippen molar-refractivity contribution >= 4 is 0 Å². The maximum atomic E-state index is 9.41. The highest BCUT2D eigenvalue weighted by molar-refractivity contribution is 5.29. The molecule has 0 bridgehead atoms. The summed E-state index contributed by atoms with van der Waals surface area (Å²) in [5.41, 5.74) is 0.861. The van der Waals surface area contributed by atoms with Crippen LogP contribution in [0.3, 0.4) is 0 Å². The zero-order chi connectivity index (χ0) is 11.4. The number of aliphatic hydroxyl groups is 1. The zero-order valence-corrected chi connectivity index (χ0v) is 9.56. The number of hydrogen-bond donors (Lipinski definition) is 1. The molecule has 1 aromatic carbocycles. The molecule has 3 heteroatoms. The van der Waals surface area contributed by atoms with Gasteiger partial charge in [-0.2, -0.15) is 0 Å². The van der Waals surface area contributed by atoms with Gasteiger partial charge in [-0.05, 0) is 43.4 Å². The molecule has 1 N–H and O–H groups in total. The Hall–Kier alpha value is -1.06. The molecule has 1 unspecified atom stereocenters. The lowest BCUT2D eigenvalue weighted by molar-refractivity contribution is 0.00984. The summed E-state index contributed by atoms with van der Waals surface area (Å²) in [6.45, 7) is 2.83. The molecule has 1 atom stereocenters. The zero-order valence-electron chi connectivity index (χ0n) is 9.56. The van der Waals surface area contributed by atoms with E-state index in [-0.39, 0.29) is 0 Å². The Labute approximate surface area is 96.0 Å². The molecule has 0 saturated heterocycles. The van der Waals surface area contributed by atoms with Crippen molar-refractivity contribution < 1.29 is 14.6 Å². The largest absolute Gasteiger partial charge is 0.468 e. The highest BCUT2D eigenvalue weighted by atomic mass is 16.7. The first-order chi connectivity index (χ1) is 7.75. The fourth-order valence-corrected chi connectivity index (χ4v) is 1.47. The molecule has 0 aliphatic heterocycles. The molecule has 0 aromatic heterocycles. The summed E-state index contributed by atoms with van der Waals surface area (Å²) in [4.78, 5) is 0. The van der Waals surface area contributed by atoms with Gasteiger partial charge in [0.2, 0.25) is 0 Å². The van der Waals surface area contributed by atoms with Crippen LogP contribution in [0.25, 0.3) is 0 Å². The molecule has 3 nitrogen and oxygen atoms in total. The Morgan fingerprint density at radius 2 is 2.25 bits per heavy atom. The van der Waals surface area contributed by atoms with Crippen molar-refractivity contribution in [3.8, 4) is 5.75 Å². The molecule has 1 aliphatic rings.